The SMILES string of the molecule is COc1ccc(-c2cc(C(F)(F)F)nc(SC3CC(O)C4OCC3O4)n2)cc1. The van der Waals surface area contributed by atoms with Crippen LogP contribution in [-0.2, 0) is 15.7 Å². The Morgan fingerprint density at radius 1 is 1.21 bits per heavy atom. The lowest BCUT2D eigenvalue weighted by atomic mass is 10.1. The minimum atomic E-state index is -4.61. The summed E-state index contributed by atoms with van der Waals surface area (Å²) in [7, 11) is 1.51. The molecule has 0 spiro atoms. The van der Waals surface area contributed by atoms with Gasteiger partial charge in [-0.25, -0.2) is 9.97 Å². The summed E-state index contributed by atoms with van der Waals surface area (Å²) >= 11 is 1.06. The van der Waals surface area contributed by atoms with Gasteiger partial charge in [-0.15, -0.1) is 0 Å². The van der Waals surface area contributed by atoms with E-state index in [4.69, 9.17) is 14.2 Å². The van der Waals surface area contributed by atoms with Crippen molar-refractivity contribution in [1.82, 2.24) is 9.97 Å². The van der Waals surface area contributed by atoms with Gasteiger partial charge in [0.05, 0.1) is 25.5 Å². The molecule has 3 heterocycles. The van der Waals surface area contributed by atoms with Crippen LogP contribution < -0.4 is 4.74 Å². The van der Waals surface area contributed by atoms with Crippen LogP contribution in [0.2, 0.25) is 0 Å². The van der Waals surface area contributed by atoms with E-state index in [2.05, 4.69) is 9.97 Å². The third kappa shape index (κ3) is 3.95. The highest BCUT2D eigenvalue weighted by Gasteiger charge is 2.44. The van der Waals surface area contributed by atoms with Crippen LogP contribution in [0.25, 0.3) is 11.3 Å². The van der Waals surface area contributed by atoms with Gasteiger partial charge in [-0.3, -0.25) is 0 Å². The van der Waals surface area contributed by atoms with Crippen molar-refractivity contribution in [2.75, 3.05) is 13.7 Å². The first-order chi connectivity index (χ1) is 13.3. The lowest BCUT2D eigenvalue weighted by Gasteiger charge is -2.30. The van der Waals surface area contributed by atoms with E-state index in [-0.39, 0.29) is 28.8 Å². The number of hydrogen-bond donors (Lipinski definition) is 1. The number of aliphatic hydroxyl groups is 1. The standard InChI is InChI=1S/C18H17F3N2O4S/c1-25-10-4-2-9(3-5-10)11-6-15(18(19,20)21)23-17(22-11)28-14-7-12(24)16-26-8-13(14)27-16/h2-6,12-14,16,24H,7-8H2,1H3. The van der Waals surface area contributed by atoms with Crippen molar-refractivity contribution in [2.45, 2.75) is 41.5 Å². The summed E-state index contributed by atoms with van der Waals surface area (Å²) in [6, 6.07) is 7.50. The number of hydrogen-bond acceptors (Lipinski definition) is 7. The number of aliphatic hydroxyl groups excluding tert-OH is 1. The Kier molecular flexibility index (Phi) is 5.21. The van der Waals surface area contributed by atoms with Crippen molar-refractivity contribution in [2.24, 2.45) is 0 Å². The first kappa shape index (κ1) is 19.4. The lowest BCUT2D eigenvalue weighted by Crippen LogP contribution is -2.40. The van der Waals surface area contributed by atoms with E-state index in [0.717, 1.165) is 17.8 Å². The summed E-state index contributed by atoms with van der Waals surface area (Å²) in [4.78, 5) is 8.00. The van der Waals surface area contributed by atoms with Gasteiger partial charge >= 0.3 is 6.18 Å². The predicted octanol–water partition coefficient (Wildman–Crippen LogP) is 3.14. The summed E-state index contributed by atoms with van der Waals surface area (Å²) in [5.74, 6) is 0.590. The van der Waals surface area contributed by atoms with Gasteiger partial charge in [0.1, 0.15) is 17.5 Å². The Balaban J connectivity index is 1.66. The fourth-order valence-electron chi connectivity index (χ4n) is 3.13. The van der Waals surface area contributed by atoms with Gasteiger partial charge < -0.3 is 19.3 Å². The molecule has 150 valence electrons. The maximum atomic E-state index is 13.4. The Morgan fingerprint density at radius 3 is 2.64 bits per heavy atom. The number of rotatable bonds is 4. The zero-order chi connectivity index (χ0) is 19.9. The molecule has 4 atom stereocenters. The van der Waals surface area contributed by atoms with Crippen LogP contribution in [0.4, 0.5) is 13.2 Å². The average Bonchev–Trinajstić information content (AvgIpc) is 3.11. The molecular formula is C18H17F3N2O4S. The maximum absolute atomic E-state index is 13.4. The van der Waals surface area contributed by atoms with Crippen molar-refractivity contribution in [3.05, 3.63) is 36.0 Å². The molecule has 10 heteroatoms. The molecule has 2 aliphatic rings. The highest BCUT2D eigenvalue weighted by molar-refractivity contribution is 7.99. The van der Waals surface area contributed by atoms with Crippen LogP contribution in [0.1, 0.15) is 12.1 Å². The first-order valence-electron chi connectivity index (χ1n) is 8.56. The van der Waals surface area contributed by atoms with Gasteiger partial charge in [-0.05, 0) is 36.8 Å². The topological polar surface area (TPSA) is 73.7 Å². The van der Waals surface area contributed by atoms with Crippen molar-refractivity contribution < 1.29 is 32.5 Å². The molecule has 0 radical (unpaired) electrons. The molecule has 4 rings (SSSR count). The largest absolute Gasteiger partial charge is 0.497 e. The molecule has 2 aliphatic heterocycles. The van der Waals surface area contributed by atoms with E-state index in [9.17, 15) is 18.3 Å². The second kappa shape index (κ2) is 7.51. The van der Waals surface area contributed by atoms with Gasteiger partial charge in [0.25, 0.3) is 0 Å². The van der Waals surface area contributed by atoms with Crippen LogP contribution in [0.3, 0.4) is 0 Å². The molecule has 2 saturated heterocycles. The highest BCUT2D eigenvalue weighted by atomic mass is 32.2. The Bertz CT molecular complexity index is 850. The van der Waals surface area contributed by atoms with Gasteiger partial charge in [-0.1, -0.05) is 11.8 Å². The molecule has 0 amide bonds. The fraction of sp³-hybridized carbons (Fsp3) is 0.444. The molecule has 2 aromatic rings. The summed E-state index contributed by atoms with van der Waals surface area (Å²) in [6.07, 6.45) is -6.09. The molecule has 6 nitrogen and oxygen atoms in total. The second-order valence-corrected chi connectivity index (χ2v) is 7.69. The minimum Gasteiger partial charge on any atom is -0.497 e. The van der Waals surface area contributed by atoms with Crippen molar-refractivity contribution in [3.63, 3.8) is 0 Å². The van der Waals surface area contributed by atoms with Crippen molar-refractivity contribution in [3.8, 4) is 17.0 Å². The molecule has 1 aromatic heterocycles. The average molecular weight is 414 g/mol. The number of alkyl halides is 3. The quantitative estimate of drug-likeness (QED) is 0.771. The Labute approximate surface area is 163 Å². The van der Waals surface area contributed by atoms with Crippen LogP contribution in [-0.4, -0.2) is 52.5 Å². The predicted molar refractivity (Wildman–Crippen MR) is 93.9 cm³/mol. The van der Waals surface area contributed by atoms with Gasteiger partial charge in [0, 0.05) is 10.8 Å². The van der Waals surface area contributed by atoms with E-state index in [1.54, 1.807) is 24.3 Å². The van der Waals surface area contributed by atoms with Crippen molar-refractivity contribution in [1.29, 1.82) is 0 Å². The normalized spacial score (nSPS) is 27.0. The highest BCUT2D eigenvalue weighted by Crippen LogP contribution is 2.39. The molecule has 0 aliphatic carbocycles. The molecule has 28 heavy (non-hydrogen) atoms. The first-order valence-corrected chi connectivity index (χ1v) is 9.44. The number of ether oxygens (including phenoxy) is 3. The second-order valence-electron chi connectivity index (χ2n) is 6.48. The Morgan fingerprint density at radius 2 is 1.96 bits per heavy atom. The number of nitrogens with zero attached hydrogens (tertiary/aromatic N) is 2. The molecule has 4 unspecified atom stereocenters. The zero-order valence-corrected chi connectivity index (χ0v) is 15.5. The minimum absolute atomic E-state index is 0.0215. The number of fused-ring (bicyclic) bond motifs is 2. The fourth-order valence-corrected chi connectivity index (χ4v) is 4.29. The molecule has 1 N–H and O–H groups in total. The molecular weight excluding hydrogens is 397 g/mol. The maximum Gasteiger partial charge on any atom is 0.433 e. The van der Waals surface area contributed by atoms with Crippen LogP contribution in [0.15, 0.2) is 35.5 Å². The summed E-state index contributed by atoms with van der Waals surface area (Å²) in [5.41, 5.74) is -0.348. The number of aromatic nitrogens is 2. The Hall–Kier alpha value is -1.88. The van der Waals surface area contributed by atoms with Gasteiger partial charge in [0.2, 0.25) is 0 Å². The van der Waals surface area contributed by atoms with E-state index < -0.39 is 24.3 Å². The zero-order valence-electron chi connectivity index (χ0n) is 14.7. The summed E-state index contributed by atoms with van der Waals surface area (Å²) in [5, 5.41) is 9.69. The molecule has 0 saturated carbocycles. The molecule has 2 bridgehead atoms. The van der Waals surface area contributed by atoms with Crippen molar-refractivity contribution >= 4 is 11.8 Å². The van der Waals surface area contributed by atoms with Crippen LogP contribution in [0, 0.1) is 0 Å². The van der Waals surface area contributed by atoms with E-state index in [0.29, 0.717) is 17.7 Å². The van der Waals surface area contributed by atoms with Crippen LogP contribution >= 0.6 is 11.8 Å². The van der Waals surface area contributed by atoms with E-state index >= 15 is 0 Å². The third-order valence-corrected chi connectivity index (χ3v) is 5.77. The smallest absolute Gasteiger partial charge is 0.433 e. The van der Waals surface area contributed by atoms with E-state index in [1.807, 2.05) is 0 Å². The van der Waals surface area contributed by atoms with Gasteiger partial charge in [-0.2, -0.15) is 13.2 Å². The van der Waals surface area contributed by atoms with Gasteiger partial charge in [0.15, 0.2) is 11.4 Å². The number of methoxy groups -OCH3 is 1. The molecule has 2 fully saturated rings. The van der Waals surface area contributed by atoms with E-state index in [1.165, 1.54) is 7.11 Å². The molecule has 1 aromatic carbocycles. The van der Waals surface area contributed by atoms with Crippen LogP contribution in [0.5, 0.6) is 5.75 Å². The lowest BCUT2D eigenvalue weighted by molar-refractivity contribution is -0.150. The number of halogens is 3. The number of benzene rings is 1. The summed E-state index contributed by atoms with van der Waals surface area (Å²) < 4.78 is 56.1. The summed E-state index contributed by atoms with van der Waals surface area (Å²) in [6.45, 7) is 0.281. The monoisotopic (exact) mass is 414 g/mol. The number of thioether (sulfide) groups is 1. The third-order valence-electron chi connectivity index (χ3n) is 4.57.